The van der Waals surface area contributed by atoms with Crippen LogP contribution in [0.1, 0.15) is 6.92 Å². The molecule has 0 spiro atoms. The van der Waals surface area contributed by atoms with Crippen LogP contribution in [0.25, 0.3) is 0 Å². The van der Waals surface area contributed by atoms with E-state index in [9.17, 15) is 9.18 Å². The van der Waals surface area contributed by atoms with Gasteiger partial charge in [0, 0.05) is 6.07 Å². The molecule has 1 rings (SSSR count). The predicted octanol–water partition coefficient (Wildman–Crippen LogP) is 2.40. The van der Waals surface area contributed by atoms with Crippen molar-refractivity contribution in [2.24, 2.45) is 0 Å². The quantitative estimate of drug-likeness (QED) is 0.723. The molecular weight excluding hydrogens is 207 g/mol. The minimum atomic E-state index is -0.644. The number of ketones is 1. The number of hydrogen-bond donors (Lipinski definition) is 0. The molecule has 0 aliphatic heterocycles. The summed E-state index contributed by atoms with van der Waals surface area (Å²) in [5.41, 5.74) is 0. The first-order valence-electron chi connectivity index (χ1n) is 4.14. The van der Waals surface area contributed by atoms with E-state index >= 15 is 0 Å². The molecule has 0 aliphatic rings. The second-order valence-corrected chi connectivity index (χ2v) is 3.08. The van der Waals surface area contributed by atoms with Gasteiger partial charge in [-0.3, -0.25) is 4.79 Å². The van der Waals surface area contributed by atoms with Crippen molar-refractivity contribution in [1.29, 1.82) is 0 Å². The highest BCUT2D eigenvalue weighted by Crippen LogP contribution is 2.14. The highest BCUT2D eigenvalue weighted by Gasteiger charge is 2.12. The van der Waals surface area contributed by atoms with Gasteiger partial charge in [-0.05, 0) is 19.1 Å². The minimum absolute atomic E-state index is 0.101. The third-order valence-corrected chi connectivity index (χ3v) is 1.96. The van der Waals surface area contributed by atoms with Gasteiger partial charge in [0.05, 0.1) is 5.88 Å². The van der Waals surface area contributed by atoms with Crippen LogP contribution in [0.15, 0.2) is 24.3 Å². The molecule has 76 valence electrons. The van der Waals surface area contributed by atoms with Gasteiger partial charge in [0.25, 0.3) is 0 Å². The molecule has 0 amide bonds. The monoisotopic (exact) mass is 216 g/mol. The number of Topliss-reactive ketones (excluding diaryl/α,β-unsaturated/α-hetero) is 1. The summed E-state index contributed by atoms with van der Waals surface area (Å²) in [6.07, 6.45) is -0.644. The van der Waals surface area contributed by atoms with Crippen LogP contribution in [-0.2, 0) is 4.79 Å². The normalized spacial score (nSPS) is 12.2. The Balaban J connectivity index is 2.64. The van der Waals surface area contributed by atoms with E-state index < -0.39 is 11.9 Å². The van der Waals surface area contributed by atoms with E-state index in [2.05, 4.69) is 0 Å². The van der Waals surface area contributed by atoms with E-state index in [0.717, 1.165) is 0 Å². The van der Waals surface area contributed by atoms with Crippen LogP contribution in [-0.4, -0.2) is 17.8 Å². The van der Waals surface area contributed by atoms with E-state index in [1.54, 1.807) is 13.0 Å². The lowest BCUT2D eigenvalue weighted by Crippen LogP contribution is -2.24. The van der Waals surface area contributed by atoms with Crippen LogP contribution in [0.2, 0.25) is 0 Å². The van der Waals surface area contributed by atoms with Crippen LogP contribution in [0.4, 0.5) is 4.39 Å². The molecular formula is C10H10ClFO2. The average molecular weight is 217 g/mol. The molecule has 0 saturated carbocycles. The van der Waals surface area contributed by atoms with Crippen molar-refractivity contribution in [3.63, 3.8) is 0 Å². The number of ether oxygens (including phenoxy) is 1. The van der Waals surface area contributed by atoms with Crippen molar-refractivity contribution in [2.75, 3.05) is 5.88 Å². The second kappa shape index (κ2) is 4.96. The van der Waals surface area contributed by atoms with E-state index in [0.29, 0.717) is 5.75 Å². The zero-order valence-corrected chi connectivity index (χ0v) is 8.42. The largest absolute Gasteiger partial charge is 0.483 e. The number of hydrogen-bond acceptors (Lipinski definition) is 2. The maximum Gasteiger partial charge on any atom is 0.187 e. The fourth-order valence-corrected chi connectivity index (χ4v) is 1.14. The Bertz CT molecular complexity index is 328. The van der Waals surface area contributed by atoms with Gasteiger partial charge < -0.3 is 4.74 Å². The van der Waals surface area contributed by atoms with Gasteiger partial charge in [0.1, 0.15) is 11.6 Å². The summed E-state index contributed by atoms with van der Waals surface area (Å²) in [6.45, 7) is 1.58. The molecule has 0 heterocycles. The molecule has 2 nitrogen and oxygen atoms in total. The van der Waals surface area contributed by atoms with Gasteiger partial charge >= 0.3 is 0 Å². The molecule has 0 saturated heterocycles. The smallest absolute Gasteiger partial charge is 0.187 e. The molecule has 0 fully saturated rings. The van der Waals surface area contributed by atoms with Gasteiger partial charge in [-0.2, -0.15) is 0 Å². The standard InChI is InChI=1S/C10H10ClFO2/c1-7(10(13)6-11)14-9-4-2-3-8(12)5-9/h2-5,7H,6H2,1H3. The lowest BCUT2D eigenvalue weighted by Gasteiger charge is -2.11. The van der Waals surface area contributed by atoms with Crippen molar-refractivity contribution in [1.82, 2.24) is 0 Å². The van der Waals surface area contributed by atoms with Gasteiger partial charge in [-0.25, -0.2) is 4.39 Å². The highest BCUT2D eigenvalue weighted by atomic mass is 35.5. The zero-order valence-electron chi connectivity index (χ0n) is 7.67. The second-order valence-electron chi connectivity index (χ2n) is 2.82. The molecule has 1 aromatic rings. The average Bonchev–Trinajstić information content (AvgIpc) is 2.16. The van der Waals surface area contributed by atoms with Gasteiger partial charge in [0.2, 0.25) is 0 Å². The Morgan fingerprint density at radius 2 is 2.36 bits per heavy atom. The SMILES string of the molecule is CC(Oc1cccc(F)c1)C(=O)CCl. The number of carbonyl (C=O) groups excluding carboxylic acids is 1. The van der Waals surface area contributed by atoms with Crippen molar-refractivity contribution < 1.29 is 13.9 Å². The van der Waals surface area contributed by atoms with E-state index in [4.69, 9.17) is 16.3 Å². The Morgan fingerprint density at radius 3 is 2.93 bits per heavy atom. The van der Waals surface area contributed by atoms with E-state index in [1.807, 2.05) is 0 Å². The molecule has 0 aromatic heterocycles. The fourth-order valence-electron chi connectivity index (χ4n) is 0.919. The highest BCUT2D eigenvalue weighted by molar-refractivity contribution is 6.28. The maximum absolute atomic E-state index is 12.7. The van der Waals surface area contributed by atoms with Crippen molar-refractivity contribution in [3.8, 4) is 5.75 Å². The minimum Gasteiger partial charge on any atom is -0.483 e. The topological polar surface area (TPSA) is 26.3 Å². The van der Waals surface area contributed by atoms with Crippen molar-refractivity contribution >= 4 is 17.4 Å². The van der Waals surface area contributed by atoms with Crippen LogP contribution in [0, 0.1) is 5.82 Å². The Morgan fingerprint density at radius 1 is 1.64 bits per heavy atom. The Hall–Kier alpha value is -1.09. The Kier molecular flexibility index (Phi) is 3.89. The van der Waals surface area contributed by atoms with Crippen molar-refractivity contribution in [2.45, 2.75) is 13.0 Å². The molecule has 1 aromatic carbocycles. The van der Waals surface area contributed by atoms with Crippen LogP contribution >= 0.6 is 11.6 Å². The third-order valence-electron chi connectivity index (χ3n) is 1.69. The molecule has 0 aliphatic carbocycles. The number of rotatable bonds is 4. The zero-order chi connectivity index (χ0) is 10.6. The molecule has 0 N–H and O–H groups in total. The fraction of sp³-hybridized carbons (Fsp3) is 0.300. The summed E-state index contributed by atoms with van der Waals surface area (Å²) in [7, 11) is 0. The van der Waals surface area contributed by atoms with Crippen LogP contribution in [0.3, 0.4) is 0 Å². The molecule has 14 heavy (non-hydrogen) atoms. The number of alkyl halides is 1. The van der Waals surface area contributed by atoms with Crippen LogP contribution in [0.5, 0.6) is 5.75 Å². The summed E-state index contributed by atoms with van der Waals surface area (Å²) < 4.78 is 17.9. The first-order chi connectivity index (χ1) is 6.63. The number of carbonyl (C=O) groups is 1. The third kappa shape index (κ3) is 3.00. The molecule has 0 bridgehead atoms. The summed E-state index contributed by atoms with van der Waals surface area (Å²) in [5.74, 6) is -0.392. The summed E-state index contributed by atoms with van der Waals surface area (Å²) >= 11 is 5.34. The first kappa shape index (κ1) is 11.0. The maximum atomic E-state index is 12.7. The van der Waals surface area contributed by atoms with Crippen molar-refractivity contribution in [3.05, 3.63) is 30.1 Å². The summed E-state index contributed by atoms with van der Waals surface area (Å²) in [6, 6.07) is 5.63. The summed E-state index contributed by atoms with van der Waals surface area (Å²) in [4.78, 5) is 11.1. The number of halogens is 2. The predicted molar refractivity (Wildman–Crippen MR) is 52.2 cm³/mol. The number of benzene rings is 1. The van der Waals surface area contributed by atoms with Crippen LogP contribution < -0.4 is 4.74 Å². The Labute approximate surface area is 86.6 Å². The van der Waals surface area contributed by atoms with E-state index in [1.165, 1.54) is 18.2 Å². The van der Waals surface area contributed by atoms with Gasteiger partial charge in [-0.15, -0.1) is 11.6 Å². The van der Waals surface area contributed by atoms with Gasteiger partial charge in [0.15, 0.2) is 11.9 Å². The molecule has 4 heteroatoms. The van der Waals surface area contributed by atoms with E-state index in [-0.39, 0.29) is 11.7 Å². The lowest BCUT2D eigenvalue weighted by molar-refractivity contribution is -0.122. The summed E-state index contributed by atoms with van der Waals surface area (Å²) in [5, 5.41) is 0. The molecule has 1 unspecified atom stereocenters. The molecule has 1 atom stereocenters. The first-order valence-corrected chi connectivity index (χ1v) is 4.68. The molecule has 0 radical (unpaired) electrons. The van der Waals surface area contributed by atoms with Gasteiger partial charge in [-0.1, -0.05) is 6.07 Å². The lowest BCUT2D eigenvalue weighted by atomic mass is 10.3.